The summed E-state index contributed by atoms with van der Waals surface area (Å²) in [6.07, 6.45) is 2.71. The Morgan fingerprint density at radius 2 is 1.70 bits per heavy atom. The first-order valence-corrected chi connectivity index (χ1v) is 22.1. The van der Waals surface area contributed by atoms with Gasteiger partial charge in [0.1, 0.15) is 23.7 Å². The van der Waals surface area contributed by atoms with Gasteiger partial charge in [-0.25, -0.2) is 9.59 Å². The van der Waals surface area contributed by atoms with E-state index in [1.54, 1.807) is 56.9 Å². The molecule has 288 valence electrons. The van der Waals surface area contributed by atoms with Gasteiger partial charge in [0.25, 0.3) is 0 Å². The highest BCUT2D eigenvalue weighted by molar-refractivity contribution is 6.79. The molecule has 1 aliphatic carbocycles. The highest BCUT2D eigenvalue weighted by Crippen LogP contribution is 2.33. The third kappa shape index (κ3) is 9.57. The minimum Gasteiger partial charge on any atom is -0.478 e. The number of carboxylic acids is 1. The molecule has 1 fully saturated rings. The van der Waals surface area contributed by atoms with Crippen molar-refractivity contribution in [1.29, 1.82) is 0 Å². The second-order valence-electron chi connectivity index (χ2n) is 16.6. The van der Waals surface area contributed by atoms with E-state index in [1.165, 1.54) is 17.5 Å². The summed E-state index contributed by atoms with van der Waals surface area (Å²) < 4.78 is 5.49. The molecule has 0 radical (unpaired) electrons. The molecule has 4 atom stereocenters. The number of likely N-dealkylation sites (N-methyl/N-ethyl adjacent to an activating group) is 1. The summed E-state index contributed by atoms with van der Waals surface area (Å²) in [6.45, 7) is 13.1. The Hall–Kier alpha value is -4.97. The fourth-order valence-electron chi connectivity index (χ4n) is 7.47. The van der Waals surface area contributed by atoms with Crippen LogP contribution >= 0.6 is 0 Å². The molecule has 12 heteroatoms. The van der Waals surface area contributed by atoms with Gasteiger partial charge in [0, 0.05) is 19.6 Å². The highest BCUT2D eigenvalue weighted by Gasteiger charge is 2.47. The lowest BCUT2D eigenvalue weighted by atomic mass is 9.87. The molecule has 0 bridgehead atoms. The van der Waals surface area contributed by atoms with Gasteiger partial charge in [-0.15, -0.1) is 0 Å². The predicted octanol–water partition coefficient (Wildman–Crippen LogP) is 6.30. The van der Waals surface area contributed by atoms with E-state index in [-0.39, 0.29) is 29.8 Å². The number of hydrogen-bond acceptors (Lipinski definition) is 6. The maximum absolute atomic E-state index is 14.8. The Morgan fingerprint density at radius 3 is 2.35 bits per heavy atom. The summed E-state index contributed by atoms with van der Waals surface area (Å²) in [5, 5.41) is 15.6. The molecule has 4 amide bonds. The van der Waals surface area contributed by atoms with Crippen molar-refractivity contribution in [2.24, 2.45) is 0 Å². The van der Waals surface area contributed by atoms with Crippen LogP contribution in [0, 0.1) is 6.92 Å². The number of fused-ring (bicyclic) bond motifs is 1. The van der Waals surface area contributed by atoms with Crippen LogP contribution in [0.1, 0.15) is 79.2 Å². The van der Waals surface area contributed by atoms with Gasteiger partial charge < -0.3 is 25.4 Å². The first-order chi connectivity index (χ1) is 25.3. The normalized spacial score (nSPS) is 18.9. The summed E-state index contributed by atoms with van der Waals surface area (Å²) in [5.74, 6) is -2.05. The molecular weight excluding hydrogens is 701 g/mol. The fourth-order valence-corrected chi connectivity index (χ4v) is 10.4. The van der Waals surface area contributed by atoms with E-state index in [0.29, 0.717) is 12.2 Å². The molecule has 1 heterocycles. The standard InChI is InChI=1S/C42H54N4O7Si/c1-26-22-28(16-21-32(26)30-17-19-31(20-18-30)40(50)51)23-35(44-37(47)27(2)45(6)41(52)53-42(3,4)5)39(49)46-25-54(7,8)24-36(46)38(48)43-34-15-11-13-29-12-9-10-14-33(29)34/h9-10,12,14,16-22,27,34-36H,11,13,15,23-25H2,1-8H3,(H,43,48)(H,44,47)(H,50,51)/t27-,34+,35-,36-/m0/s1. The zero-order valence-corrected chi connectivity index (χ0v) is 33.7. The number of aryl methyl sites for hydroxylation is 2. The molecule has 2 aliphatic rings. The first kappa shape index (κ1) is 40.2. The van der Waals surface area contributed by atoms with Gasteiger partial charge in [-0.2, -0.15) is 0 Å². The lowest BCUT2D eigenvalue weighted by Crippen LogP contribution is -2.57. The second-order valence-corrected chi connectivity index (χ2v) is 21.6. The molecule has 11 nitrogen and oxygen atoms in total. The van der Waals surface area contributed by atoms with E-state index < -0.39 is 49.8 Å². The Morgan fingerprint density at radius 1 is 1.02 bits per heavy atom. The van der Waals surface area contributed by atoms with Gasteiger partial charge in [0.15, 0.2) is 0 Å². The van der Waals surface area contributed by atoms with Crippen molar-refractivity contribution < 1.29 is 33.8 Å². The number of nitrogens with zero attached hydrogens (tertiary/aromatic N) is 2. The van der Waals surface area contributed by atoms with Crippen molar-refractivity contribution >= 4 is 37.9 Å². The Bertz CT molecular complexity index is 1900. The van der Waals surface area contributed by atoms with Crippen molar-refractivity contribution in [2.45, 2.75) is 109 Å². The number of nitrogens with one attached hydrogen (secondary N) is 2. The molecular formula is C42H54N4O7Si. The van der Waals surface area contributed by atoms with Crippen molar-refractivity contribution in [1.82, 2.24) is 20.4 Å². The van der Waals surface area contributed by atoms with Crippen LogP contribution in [0.5, 0.6) is 0 Å². The van der Waals surface area contributed by atoms with Crippen LogP contribution in [-0.4, -0.2) is 89.7 Å². The van der Waals surface area contributed by atoms with Crippen molar-refractivity contribution in [3.63, 3.8) is 0 Å². The monoisotopic (exact) mass is 754 g/mol. The van der Waals surface area contributed by atoms with Gasteiger partial charge >= 0.3 is 12.1 Å². The average Bonchev–Trinajstić information content (AvgIpc) is 3.45. The van der Waals surface area contributed by atoms with Crippen molar-refractivity contribution in [3.05, 3.63) is 94.5 Å². The molecule has 3 aromatic rings. The molecule has 3 aromatic carbocycles. The number of carbonyl (C=O) groups is 5. The van der Waals surface area contributed by atoms with Crippen LogP contribution in [0.4, 0.5) is 4.79 Å². The summed E-state index contributed by atoms with van der Waals surface area (Å²) in [7, 11) is -0.540. The lowest BCUT2D eigenvalue weighted by molar-refractivity contribution is -0.141. The second kappa shape index (κ2) is 16.2. The number of carbonyl (C=O) groups excluding carboxylic acids is 4. The molecule has 1 saturated heterocycles. The summed E-state index contributed by atoms with van der Waals surface area (Å²) in [6, 6.07) is 18.4. The predicted molar refractivity (Wildman–Crippen MR) is 211 cm³/mol. The zero-order chi connectivity index (χ0) is 39.5. The smallest absolute Gasteiger partial charge is 0.410 e. The third-order valence-corrected chi connectivity index (χ3v) is 13.1. The maximum atomic E-state index is 14.8. The van der Waals surface area contributed by atoms with Crippen LogP contribution in [0.2, 0.25) is 19.1 Å². The van der Waals surface area contributed by atoms with E-state index in [4.69, 9.17) is 4.74 Å². The average molecular weight is 755 g/mol. The van der Waals surface area contributed by atoms with E-state index in [1.807, 2.05) is 37.3 Å². The van der Waals surface area contributed by atoms with Gasteiger partial charge in [-0.05, 0) is 105 Å². The number of carboxylic acid groups (broad SMARTS) is 1. The molecule has 0 spiro atoms. The van der Waals surface area contributed by atoms with Crippen LogP contribution < -0.4 is 10.6 Å². The van der Waals surface area contributed by atoms with Crippen molar-refractivity contribution in [3.8, 4) is 11.1 Å². The van der Waals surface area contributed by atoms with E-state index in [0.717, 1.165) is 47.1 Å². The Labute approximate surface area is 319 Å². The number of benzene rings is 3. The number of amides is 4. The van der Waals surface area contributed by atoms with E-state index >= 15 is 0 Å². The van der Waals surface area contributed by atoms with Crippen LogP contribution in [0.15, 0.2) is 66.7 Å². The van der Waals surface area contributed by atoms with Gasteiger partial charge in [0.2, 0.25) is 17.7 Å². The minimum absolute atomic E-state index is 0.133. The molecule has 54 heavy (non-hydrogen) atoms. The highest BCUT2D eigenvalue weighted by atomic mass is 28.3. The summed E-state index contributed by atoms with van der Waals surface area (Å²) in [4.78, 5) is 69.9. The zero-order valence-electron chi connectivity index (χ0n) is 32.7. The van der Waals surface area contributed by atoms with Gasteiger partial charge in [-0.1, -0.05) is 67.7 Å². The quantitative estimate of drug-likeness (QED) is 0.206. The third-order valence-electron chi connectivity index (χ3n) is 10.4. The molecule has 3 N–H and O–H groups in total. The van der Waals surface area contributed by atoms with Gasteiger partial charge in [-0.3, -0.25) is 19.3 Å². The van der Waals surface area contributed by atoms with E-state index in [9.17, 15) is 29.1 Å². The SMILES string of the molecule is Cc1cc(C[C@H](NC(=O)[C@H](C)N(C)C(=O)OC(C)(C)C)C(=O)N2C[Si](C)(C)C[C@H]2C(=O)N[C@@H]2CCCc3ccccc32)ccc1-c1ccc(C(=O)O)cc1. The molecule has 0 unspecified atom stereocenters. The fraction of sp³-hybridized carbons (Fsp3) is 0.452. The van der Waals surface area contributed by atoms with Crippen LogP contribution in [-0.2, 0) is 32.0 Å². The Kier molecular flexibility index (Phi) is 12.0. The van der Waals surface area contributed by atoms with Crippen molar-refractivity contribution in [2.75, 3.05) is 13.2 Å². The topological polar surface area (TPSA) is 145 Å². The molecule has 0 saturated carbocycles. The Balaban J connectivity index is 1.42. The number of rotatable bonds is 10. The number of hydrogen-bond donors (Lipinski definition) is 3. The van der Waals surface area contributed by atoms with E-state index in [2.05, 4.69) is 35.9 Å². The summed E-state index contributed by atoms with van der Waals surface area (Å²) >= 11 is 0. The lowest BCUT2D eigenvalue weighted by Gasteiger charge is -2.33. The summed E-state index contributed by atoms with van der Waals surface area (Å²) in [5.41, 5.74) is 5.24. The van der Waals surface area contributed by atoms with Gasteiger partial charge in [0.05, 0.1) is 19.7 Å². The number of ether oxygens (including phenoxy) is 1. The number of aromatic carboxylic acids is 1. The molecule has 1 aliphatic heterocycles. The molecule has 5 rings (SSSR count). The largest absolute Gasteiger partial charge is 0.478 e. The molecule has 0 aromatic heterocycles. The maximum Gasteiger partial charge on any atom is 0.410 e. The first-order valence-electron chi connectivity index (χ1n) is 18.7. The minimum atomic E-state index is -2.02. The van der Waals surface area contributed by atoms with Crippen LogP contribution in [0.3, 0.4) is 0 Å². The van der Waals surface area contributed by atoms with Crippen LogP contribution in [0.25, 0.3) is 11.1 Å².